The molecule has 0 saturated heterocycles. The highest BCUT2D eigenvalue weighted by atomic mass is 16.4. The number of nitrogens with zero attached hydrogens (tertiary/aromatic N) is 1. The lowest BCUT2D eigenvalue weighted by Gasteiger charge is -2.24. The average molecular weight is 389 g/mol. The van der Waals surface area contributed by atoms with Crippen LogP contribution in [0.1, 0.15) is 5.56 Å². The van der Waals surface area contributed by atoms with Gasteiger partial charge in [-0.05, 0) is 31.2 Å². The second-order valence-corrected chi connectivity index (χ2v) is 5.69. The minimum Gasteiger partial charge on any atom is -0.508 e. The molecule has 2 aromatic carbocycles. The quantitative estimate of drug-likeness (QED) is 0.460. The van der Waals surface area contributed by atoms with Gasteiger partial charge in [0.25, 0.3) is 0 Å². The van der Waals surface area contributed by atoms with Gasteiger partial charge in [-0.2, -0.15) is 0 Å². The fourth-order valence-electron chi connectivity index (χ4n) is 2.13. The van der Waals surface area contributed by atoms with E-state index in [0.717, 1.165) is 16.9 Å². The maximum absolute atomic E-state index is 12.0. The van der Waals surface area contributed by atoms with Crippen LogP contribution < -0.4 is 16.0 Å². The van der Waals surface area contributed by atoms with Gasteiger partial charge in [0, 0.05) is 30.5 Å². The number of carbonyl (C=O) groups excluding carboxylic acids is 1. The molecule has 0 aliphatic carbocycles. The summed E-state index contributed by atoms with van der Waals surface area (Å²) >= 11 is 0. The first-order valence-electron chi connectivity index (χ1n) is 8.30. The third-order valence-corrected chi connectivity index (χ3v) is 3.44. The van der Waals surface area contributed by atoms with Gasteiger partial charge in [0.1, 0.15) is 12.3 Å². The summed E-state index contributed by atoms with van der Waals surface area (Å²) in [5.74, 6) is -3.60. The van der Waals surface area contributed by atoms with E-state index in [4.69, 9.17) is 25.5 Å². The molecular weight excluding hydrogens is 366 g/mol. The number of amides is 1. The summed E-state index contributed by atoms with van der Waals surface area (Å²) in [5.41, 5.74) is 8.19. The third kappa shape index (κ3) is 7.75. The highest BCUT2D eigenvalue weighted by Crippen LogP contribution is 2.27. The molecule has 0 atom stereocenters. The number of carboxylic acid groups (broad SMARTS) is 2. The zero-order valence-corrected chi connectivity index (χ0v) is 15.3. The predicted molar refractivity (Wildman–Crippen MR) is 104 cm³/mol. The van der Waals surface area contributed by atoms with Crippen LogP contribution in [0.4, 0.5) is 11.4 Å². The fourth-order valence-corrected chi connectivity index (χ4v) is 2.13. The Kier molecular flexibility index (Phi) is 8.97. The van der Waals surface area contributed by atoms with Crippen molar-refractivity contribution in [1.29, 1.82) is 0 Å². The highest BCUT2D eigenvalue weighted by Gasteiger charge is 2.14. The second kappa shape index (κ2) is 11.2. The van der Waals surface area contributed by atoms with Gasteiger partial charge in [-0.1, -0.05) is 23.8 Å². The molecule has 9 nitrogen and oxygen atoms in total. The van der Waals surface area contributed by atoms with E-state index in [9.17, 15) is 9.90 Å². The van der Waals surface area contributed by atoms with Gasteiger partial charge in [-0.3, -0.25) is 4.79 Å². The number of nitrogens with one attached hydrogen (secondary N) is 1. The van der Waals surface area contributed by atoms with Crippen LogP contribution in [0, 0.1) is 6.92 Å². The Balaban J connectivity index is 0.000000568. The first kappa shape index (κ1) is 22.5. The predicted octanol–water partition coefficient (Wildman–Crippen LogP) is 1.07. The Morgan fingerprint density at radius 3 is 2.11 bits per heavy atom. The summed E-state index contributed by atoms with van der Waals surface area (Å²) in [6, 6.07) is 14.7. The Bertz CT molecular complexity index is 796. The number of hydrogen-bond acceptors (Lipinski definition) is 6. The lowest BCUT2D eigenvalue weighted by molar-refractivity contribution is -0.159. The van der Waals surface area contributed by atoms with Gasteiger partial charge in [0.15, 0.2) is 0 Å². The Labute approximate surface area is 162 Å². The number of carboxylic acids is 2. The van der Waals surface area contributed by atoms with Crippen molar-refractivity contribution in [3.8, 4) is 5.75 Å². The Morgan fingerprint density at radius 2 is 1.61 bits per heavy atom. The van der Waals surface area contributed by atoms with Crippen molar-refractivity contribution in [2.24, 2.45) is 5.73 Å². The molecule has 0 aliphatic rings. The molecule has 2 rings (SSSR count). The van der Waals surface area contributed by atoms with Crippen LogP contribution in [0.2, 0.25) is 0 Å². The smallest absolute Gasteiger partial charge is 0.414 e. The van der Waals surface area contributed by atoms with E-state index in [1.807, 2.05) is 42.2 Å². The first-order chi connectivity index (χ1) is 13.2. The number of hydrogen-bond donors (Lipinski definition) is 5. The highest BCUT2D eigenvalue weighted by molar-refractivity contribution is 6.27. The molecule has 0 bridgehead atoms. The van der Waals surface area contributed by atoms with Crippen LogP contribution in [-0.2, 0) is 14.4 Å². The summed E-state index contributed by atoms with van der Waals surface area (Å²) < 4.78 is 0. The van der Waals surface area contributed by atoms with Crippen molar-refractivity contribution in [1.82, 2.24) is 5.32 Å². The lowest BCUT2D eigenvalue weighted by atomic mass is 10.2. The standard InChI is InChI=1S/C17H21N3O2.C2H2O4/c1-13-5-7-14(8-6-13)20(12-17(22)19-10-9-18)15-3-2-4-16(21)11-15;3-1(4)2(5)6/h2-8,11,21H,9-10,12,18H2,1H3,(H,19,22);(H,3,4)(H,5,6). The van der Waals surface area contributed by atoms with Crippen molar-refractivity contribution in [2.75, 3.05) is 24.5 Å². The van der Waals surface area contributed by atoms with E-state index in [1.165, 1.54) is 0 Å². The maximum Gasteiger partial charge on any atom is 0.414 e. The molecule has 0 unspecified atom stereocenters. The van der Waals surface area contributed by atoms with E-state index in [0.29, 0.717) is 13.1 Å². The number of nitrogens with two attached hydrogens (primary N) is 1. The Morgan fingerprint density at radius 1 is 1.00 bits per heavy atom. The molecule has 2 aromatic rings. The van der Waals surface area contributed by atoms with Crippen molar-refractivity contribution < 1.29 is 29.7 Å². The Hall–Kier alpha value is -3.59. The number of carbonyl (C=O) groups is 3. The monoisotopic (exact) mass is 389 g/mol. The number of phenolic OH excluding ortho intramolecular Hbond substituents is 1. The number of rotatable bonds is 6. The summed E-state index contributed by atoms with van der Waals surface area (Å²) in [7, 11) is 0. The van der Waals surface area contributed by atoms with Gasteiger partial charge in [0.2, 0.25) is 5.91 Å². The first-order valence-corrected chi connectivity index (χ1v) is 8.30. The van der Waals surface area contributed by atoms with Gasteiger partial charge >= 0.3 is 11.9 Å². The molecule has 150 valence electrons. The number of anilines is 2. The molecule has 0 spiro atoms. The molecule has 0 saturated carbocycles. The minimum absolute atomic E-state index is 0.116. The average Bonchev–Trinajstić information content (AvgIpc) is 2.65. The lowest BCUT2D eigenvalue weighted by Crippen LogP contribution is -2.37. The van der Waals surface area contributed by atoms with Crippen molar-refractivity contribution in [3.05, 3.63) is 54.1 Å². The van der Waals surface area contributed by atoms with Crippen LogP contribution in [-0.4, -0.2) is 52.8 Å². The molecule has 28 heavy (non-hydrogen) atoms. The molecule has 9 heteroatoms. The van der Waals surface area contributed by atoms with Crippen LogP contribution in [0.25, 0.3) is 0 Å². The van der Waals surface area contributed by atoms with Gasteiger partial charge in [-0.15, -0.1) is 0 Å². The molecule has 0 aromatic heterocycles. The maximum atomic E-state index is 12.0. The number of benzene rings is 2. The molecule has 6 N–H and O–H groups in total. The number of phenols is 1. The van der Waals surface area contributed by atoms with Crippen LogP contribution in [0.5, 0.6) is 5.75 Å². The zero-order valence-electron chi connectivity index (χ0n) is 15.3. The third-order valence-electron chi connectivity index (χ3n) is 3.44. The van der Waals surface area contributed by atoms with E-state index in [-0.39, 0.29) is 18.2 Å². The summed E-state index contributed by atoms with van der Waals surface area (Å²) in [6.07, 6.45) is 0. The van der Waals surface area contributed by atoms with Crippen molar-refractivity contribution >= 4 is 29.2 Å². The topological polar surface area (TPSA) is 153 Å². The molecule has 0 aliphatic heterocycles. The summed E-state index contributed by atoms with van der Waals surface area (Å²) in [6.45, 7) is 3.02. The molecule has 0 fully saturated rings. The number of aryl methyl sites for hydroxylation is 1. The summed E-state index contributed by atoms with van der Waals surface area (Å²) in [4.78, 5) is 32.1. The second-order valence-electron chi connectivity index (χ2n) is 5.69. The summed E-state index contributed by atoms with van der Waals surface area (Å²) in [5, 5.41) is 27.2. The molecule has 0 radical (unpaired) electrons. The van der Waals surface area contributed by atoms with Crippen LogP contribution in [0.15, 0.2) is 48.5 Å². The van der Waals surface area contributed by atoms with Gasteiger partial charge in [0.05, 0.1) is 0 Å². The normalized spacial score (nSPS) is 9.64. The van der Waals surface area contributed by atoms with E-state index in [1.54, 1.807) is 18.2 Å². The van der Waals surface area contributed by atoms with E-state index >= 15 is 0 Å². The van der Waals surface area contributed by atoms with Gasteiger partial charge < -0.3 is 31.3 Å². The molecule has 0 heterocycles. The number of aromatic hydroxyl groups is 1. The van der Waals surface area contributed by atoms with Crippen molar-refractivity contribution in [3.63, 3.8) is 0 Å². The minimum atomic E-state index is -1.82. The van der Waals surface area contributed by atoms with E-state index < -0.39 is 11.9 Å². The number of aliphatic carboxylic acids is 2. The molecule has 1 amide bonds. The fraction of sp³-hybridized carbons (Fsp3) is 0.211. The van der Waals surface area contributed by atoms with Crippen LogP contribution in [0.3, 0.4) is 0 Å². The zero-order chi connectivity index (χ0) is 21.1. The van der Waals surface area contributed by atoms with Crippen molar-refractivity contribution in [2.45, 2.75) is 6.92 Å². The molecular formula is C19H23N3O6. The van der Waals surface area contributed by atoms with Gasteiger partial charge in [-0.25, -0.2) is 9.59 Å². The van der Waals surface area contributed by atoms with E-state index in [2.05, 4.69) is 5.32 Å². The van der Waals surface area contributed by atoms with Crippen LogP contribution >= 0.6 is 0 Å². The largest absolute Gasteiger partial charge is 0.508 e. The SMILES string of the molecule is Cc1ccc(N(CC(=O)NCCN)c2cccc(O)c2)cc1.O=C(O)C(=O)O.